The first-order valence-electron chi connectivity index (χ1n) is 5.34. The molecule has 0 radical (unpaired) electrons. The van der Waals surface area contributed by atoms with Crippen LogP contribution >= 0.6 is 22.9 Å². The zero-order valence-electron chi connectivity index (χ0n) is 9.94. The van der Waals surface area contributed by atoms with Gasteiger partial charge in [-0.2, -0.15) is 0 Å². The number of rotatable bonds is 3. The molecule has 18 heavy (non-hydrogen) atoms. The molecule has 0 atom stereocenters. The van der Waals surface area contributed by atoms with Crippen LogP contribution in [0, 0.1) is 0 Å². The number of nitrogens with zero attached hydrogens (tertiary/aromatic N) is 2. The zero-order chi connectivity index (χ0) is 13.1. The average Bonchev–Trinajstić information content (AvgIpc) is 2.82. The maximum atomic E-state index is 11.6. The van der Waals surface area contributed by atoms with Crippen LogP contribution in [0.4, 0.5) is 0 Å². The van der Waals surface area contributed by atoms with E-state index in [1.54, 1.807) is 18.5 Å². The summed E-state index contributed by atoms with van der Waals surface area (Å²) < 4.78 is 4.72. The maximum Gasteiger partial charge on any atom is 0.357 e. The van der Waals surface area contributed by atoms with Crippen molar-refractivity contribution in [3.05, 3.63) is 34.1 Å². The number of carbonyl (C=O) groups is 1. The van der Waals surface area contributed by atoms with Crippen LogP contribution in [-0.2, 0) is 11.2 Å². The molecule has 0 amide bonds. The largest absolute Gasteiger partial charge is 0.464 e. The van der Waals surface area contributed by atoms with E-state index in [4.69, 9.17) is 16.3 Å². The van der Waals surface area contributed by atoms with E-state index >= 15 is 0 Å². The first-order chi connectivity index (χ1) is 8.65. The highest BCUT2D eigenvalue weighted by Gasteiger charge is 2.18. The Balaban J connectivity index is 2.47. The Bertz CT molecular complexity index is 583. The van der Waals surface area contributed by atoms with Gasteiger partial charge in [0.15, 0.2) is 5.69 Å². The lowest BCUT2D eigenvalue weighted by atomic mass is 10.3. The fourth-order valence-electron chi connectivity index (χ4n) is 1.50. The molecule has 0 N–H and O–H groups in total. The third-order valence-electron chi connectivity index (χ3n) is 2.35. The molecular formula is C12H11ClN2O2S. The van der Waals surface area contributed by atoms with E-state index in [2.05, 4.69) is 9.97 Å². The van der Waals surface area contributed by atoms with E-state index in [1.165, 1.54) is 18.4 Å². The highest BCUT2D eigenvalue weighted by molar-refractivity contribution is 7.15. The van der Waals surface area contributed by atoms with E-state index in [0.29, 0.717) is 10.7 Å². The van der Waals surface area contributed by atoms with Gasteiger partial charge >= 0.3 is 5.97 Å². The second-order valence-electron chi connectivity index (χ2n) is 3.53. The Morgan fingerprint density at radius 3 is 2.89 bits per heavy atom. The first-order valence-corrected chi connectivity index (χ1v) is 6.54. The summed E-state index contributed by atoms with van der Waals surface area (Å²) in [6.45, 7) is 1.97. The molecule has 0 aliphatic carbocycles. The molecular weight excluding hydrogens is 272 g/mol. The van der Waals surface area contributed by atoms with Gasteiger partial charge in [-0.05, 0) is 12.5 Å². The van der Waals surface area contributed by atoms with Gasteiger partial charge < -0.3 is 4.74 Å². The standard InChI is InChI=1S/C12H11ClN2O2S/c1-3-9-10(12(16)17-2)15-11(18-9)7-4-8(13)6-14-5-7/h4-6H,3H2,1-2H3. The molecule has 0 aromatic carbocycles. The van der Waals surface area contributed by atoms with E-state index in [9.17, 15) is 4.79 Å². The monoisotopic (exact) mass is 282 g/mol. The minimum Gasteiger partial charge on any atom is -0.464 e. The van der Waals surface area contributed by atoms with Crippen LogP contribution in [0.1, 0.15) is 22.3 Å². The predicted octanol–water partition coefficient (Wildman–Crippen LogP) is 3.21. The van der Waals surface area contributed by atoms with Crippen LogP contribution in [0.25, 0.3) is 10.6 Å². The summed E-state index contributed by atoms with van der Waals surface area (Å²) in [6, 6.07) is 1.77. The molecule has 0 saturated heterocycles. The van der Waals surface area contributed by atoms with Crippen molar-refractivity contribution in [2.75, 3.05) is 7.11 Å². The number of esters is 1. The summed E-state index contributed by atoms with van der Waals surface area (Å²) >= 11 is 7.34. The van der Waals surface area contributed by atoms with Gasteiger partial charge in [0, 0.05) is 22.8 Å². The maximum absolute atomic E-state index is 11.6. The smallest absolute Gasteiger partial charge is 0.357 e. The number of carbonyl (C=O) groups excluding carboxylic acids is 1. The van der Waals surface area contributed by atoms with Gasteiger partial charge in [-0.15, -0.1) is 11.3 Å². The summed E-state index contributed by atoms with van der Waals surface area (Å²) in [5.41, 5.74) is 1.18. The third-order valence-corrected chi connectivity index (χ3v) is 3.80. The number of pyridine rings is 1. The second kappa shape index (κ2) is 5.46. The highest BCUT2D eigenvalue weighted by atomic mass is 35.5. The van der Waals surface area contributed by atoms with Gasteiger partial charge in [0.25, 0.3) is 0 Å². The number of methoxy groups -OCH3 is 1. The van der Waals surface area contributed by atoms with Crippen molar-refractivity contribution in [1.82, 2.24) is 9.97 Å². The number of hydrogen-bond acceptors (Lipinski definition) is 5. The Kier molecular flexibility index (Phi) is 3.93. The van der Waals surface area contributed by atoms with Crippen LogP contribution in [0.15, 0.2) is 18.5 Å². The molecule has 0 aliphatic heterocycles. The molecule has 2 aromatic rings. The Morgan fingerprint density at radius 2 is 2.28 bits per heavy atom. The number of ether oxygens (including phenoxy) is 1. The van der Waals surface area contributed by atoms with Crippen LogP contribution < -0.4 is 0 Å². The van der Waals surface area contributed by atoms with Crippen LogP contribution in [0.2, 0.25) is 5.02 Å². The second-order valence-corrected chi connectivity index (χ2v) is 5.05. The van der Waals surface area contributed by atoms with Crippen LogP contribution in [-0.4, -0.2) is 23.0 Å². The summed E-state index contributed by atoms with van der Waals surface area (Å²) in [4.78, 5) is 20.8. The van der Waals surface area contributed by atoms with Gasteiger partial charge in [-0.1, -0.05) is 18.5 Å². The number of aryl methyl sites for hydroxylation is 1. The van der Waals surface area contributed by atoms with Crippen molar-refractivity contribution in [2.24, 2.45) is 0 Å². The molecule has 6 heteroatoms. The van der Waals surface area contributed by atoms with Crippen molar-refractivity contribution >= 4 is 28.9 Å². The summed E-state index contributed by atoms with van der Waals surface area (Å²) in [5, 5.41) is 1.27. The van der Waals surface area contributed by atoms with Crippen molar-refractivity contribution in [3.8, 4) is 10.6 Å². The fourth-order valence-corrected chi connectivity index (χ4v) is 2.64. The highest BCUT2D eigenvalue weighted by Crippen LogP contribution is 2.29. The predicted molar refractivity (Wildman–Crippen MR) is 71.1 cm³/mol. The first kappa shape index (κ1) is 13.0. The Morgan fingerprint density at radius 1 is 1.50 bits per heavy atom. The van der Waals surface area contributed by atoms with Crippen molar-refractivity contribution in [3.63, 3.8) is 0 Å². The van der Waals surface area contributed by atoms with Gasteiger partial charge in [-0.3, -0.25) is 4.98 Å². The molecule has 0 unspecified atom stereocenters. The molecule has 0 saturated carbocycles. The van der Waals surface area contributed by atoms with Crippen LogP contribution in [0.5, 0.6) is 0 Å². The lowest BCUT2D eigenvalue weighted by molar-refractivity contribution is 0.0594. The molecule has 0 aliphatic rings. The van der Waals surface area contributed by atoms with Gasteiger partial charge in [0.2, 0.25) is 0 Å². The SMILES string of the molecule is CCc1sc(-c2cncc(Cl)c2)nc1C(=O)OC. The molecule has 0 bridgehead atoms. The fraction of sp³-hybridized carbons (Fsp3) is 0.250. The lowest BCUT2D eigenvalue weighted by Crippen LogP contribution is -2.04. The van der Waals surface area contributed by atoms with E-state index in [0.717, 1.165) is 21.9 Å². The molecule has 94 valence electrons. The van der Waals surface area contributed by atoms with Gasteiger partial charge in [-0.25, -0.2) is 9.78 Å². The Hall–Kier alpha value is -1.46. The van der Waals surface area contributed by atoms with E-state index in [-0.39, 0.29) is 0 Å². The molecule has 0 spiro atoms. The van der Waals surface area contributed by atoms with Crippen LogP contribution in [0.3, 0.4) is 0 Å². The molecule has 2 heterocycles. The minimum atomic E-state index is -0.413. The van der Waals surface area contributed by atoms with Gasteiger partial charge in [0.05, 0.1) is 12.1 Å². The minimum absolute atomic E-state index is 0.375. The summed E-state index contributed by atoms with van der Waals surface area (Å²) in [6.07, 6.45) is 3.96. The third kappa shape index (κ3) is 2.52. The number of hydrogen-bond donors (Lipinski definition) is 0. The molecule has 4 nitrogen and oxygen atoms in total. The van der Waals surface area contributed by atoms with E-state index in [1.807, 2.05) is 6.92 Å². The summed E-state index contributed by atoms with van der Waals surface area (Å²) in [5.74, 6) is -0.413. The number of halogens is 1. The van der Waals surface area contributed by atoms with Crippen molar-refractivity contribution in [1.29, 1.82) is 0 Å². The van der Waals surface area contributed by atoms with E-state index < -0.39 is 5.97 Å². The van der Waals surface area contributed by atoms with Crippen molar-refractivity contribution < 1.29 is 9.53 Å². The van der Waals surface area contributed by atoms with Gasteiger partial charge in [0.1, 0.15) is 5.01 Å². The molecule has 0 fully saturated rings. The topological polar surface area (TPSA) is 52.1 Å². The number of thiazole rings is 1. The zero-order valence-corrected chi connectivity index (χ0v) is 11.5. The molecule has 2 aromatic heterocycles. The van der Waals surface area contributed by atoms with Crippen molar-refractivity contribution in [2.45, 2.75) is 13.3 Å². The summed E-state index contributed by atoms with van der Waals surface area (Å²) in [7, 11) is 1.35. The number of aromatic nitrogens is 2. The molecule has 2 rings (SSSR count). The Labute approximate surface area is 114 Å². The average molecular weight is 283 g/mol. The quantitative estimate of drug-likeness (QED) is 0.811. The normalized spacial score (nSPS) is 10.4. The lowest BCUT2D eigenvalue weighted by Gasteiger charge is -1.96.